The largest absolute Gasteiger partial charge is 0.481 e. The van der Waals surface area contributed by atoms with Gasteiger partial charge in [0.2, 0.25) is 11.8 Å². The molecule has 0 spiro atoms. The van der Waals surface area contributed by atoms with Crippen molar-refractivity contribution in [2.45, 2.75) is 18.8 Å². The van der Waals surface area contributed by atoms with E-state index in [2.05, 4.69) is 15.0 Å². The van der Waals surface area contributed by atoms with Crippen molar-refractivity contribution >= 4 is 57.5 Å². The first-order chi connectivity index (χ1) is 16.9. The molecule has 0 aliphatic carbocycles. The van der Waals surface area contributed by atoms with E-state index in [0.29, 0.717) is 16.8 Å². The van der Waals surface area contributed by atoms with Crippen LogP contribution in [0.3, 0.4) is 0 Å². The van der Waals surface area contributed by atoms with E-state index < -0.39 is 42.8 Å². The predicted octanol–water partition coefficient (Wildman–Crippen LogP) is 4.77. The minimum atomic E-state index is -4.55. The van der Waals surface area contributed by atoms with Crippen LogP contribution in [0.15, 0.2) is 29.3 Å². The fourth-order valence-electron chi connectivity index (χ4n) is 3.70. The van der Waals surface area contributed by atoms with Crippen molar-refractivity contribution in [2.24, 2.45) is 5.92 Å². The standard InChI is InChI=1S/C21H17Cl2F3N4O5S/c1-29-17(32)15-10(6-34-18(15)30(2)20(29)33)5-14(31)28-19-27-13(7-36-19)9-3-11(22)16(12(23)4-9)35-8-21(24,25)26/h3-4,6-7,15,18H,5,8H2,1-2H3,(H,27,28,31). The van der Waals surface area contributed by atoms with E-state index in [0.717, 1.165) is 16.2 Å². The molecule has 9 nitrogen and oxygen atoms in total. The number of amides is 4. The van der Waals surface area contributed by atoms with E-state index >= 15 is 0 Å². The normalized spacial score (nSPS) is 19.7. The molecule has 1 saturated heterocycles. The summed E-state index contributed by atoms with van der Waals surface area (Å²) in [5, 5.41) is 4.20. The van der Waals surface area contributed by atoms with Gasteiger partial charge >= 0.3 is 12.2 Å². The van der Waals surface area contributed by atoms with Gasteiger partial charge in [-0.2, -0.15) is 13.2 Å². The highest BCUT2D eigenvalue weighted by Crippen LogP contribution is 2.39. The average molecular weight is 565 g/mol. The molecule has 0 radical (unpaired) electrons. The molecule has 2 aliphatic rings. The van der Waals surface area contributed by atoms with E-state index in [1.54, 1.807) is 5.38 Å². The van der Waals surface area contributed by atoms with Gasteiger partial charge in [0.1, 0.15) is 5.92 Å². The number of ether oxygens (including phenoxy) is 2. The Bertz CT molecular complexity index is 1250. The summed E-state index contributed by atoms with van der Waals surface area (Å²) in [6.45, 7) is -1.55. The van der Waals surface area contributed by atoms with E-state index in [1.165, 1.54) is 37.4 Å². The van der Waals surface area contributed by atoms with Gasteiger partial charge in [-0.3, -0.25) is 19.4 Å². The Labute approximate surface area is 216 Å². The van der Waals surface area contributed by atoms with E-state index in [4.69, 9.17) is 27.9 Å². The minimum Gasteiger partial charge on any atom is -0.481 e. The van der Waals surface area contributed by atoms with Crippen LogP contribution in [-0.2, 0) is 14.3 Å². The maximum atomic E-state index is 12.6. The van der Waals surface area contributed by atoms with Crippen LogP contribution < -0.4 is 10.1 Å². The van der Waals surface area contributed by atoms with Crippen molar-refractivity contribution in [3.05, 3.63) is 39.4 Å². The lowest BCUT2D eigenvalue weighted by molar-refractivity contribution is -0.153. The molecule has 2 aromatic rings. The molecular formula is C21H17Cl2F3N4O5S. The van der Waals surface area contributed by atoms with E-state index in [-0.39, 0.29) is 27.3 Å². The van der Waals surface area contributed by atoms with Crippen LogP contribution in [0.2, 0.25) is 10.0 Å². The molecule has 4 rings (SSSR count). The number of fused-ring (bicyclic) bond motifs is 1. The predicted molar refractivity (Wildman–Crippen MR) is 125 cm³/mol. The zero-order chi connectivity index (χ0) is 26.4. The summed E-state index contributed by atoms with van der Waals surface area (Å²) >= 11 is 13.2. The first kappa shape index (κ1) is 26.0. The maximum absolute atomic E-state index is 12.6. The van der Waals surface area contributed by atoms with Crippen LogP contribution in [0.1, 0.15) is 6.42 Å². The number of carbonyl (C=O) groups is 3. The number of carbonyl (C=O) groups excluding carboxylic acids is 3. The van der Waals surface area contributed by atoms with Crippen molar-refractivity contribution in [1.82, 2.24) is 14.8 Å². The van der Waals surface area contributed by atoms with Gasteiger partial charge in [0.05, 0.1) is 28.4 Å². The topological polar surface area (TPSA) is 101 Å². The summed E-state index contributed by atoms with van der Waals surface area (Å²) in [6, 6.07) is 2.20. The number of thiazole rings is 1. The van der Waals surface area contributed by atoms with Gasteiger partial charge in [-0.05, 0) is 17.7 Å². The summed E-state index contributed by atoms with van der Waals surface area (Å²) in [5.74, 6) is -2.03. The third-order valence-corrected chi connectivity index (χ3v) is 6.72. The van der Waals surface area contributed by atoms with Gasteiger partial charge in [-0.15, -0.1) is 11.3 Å². The number of anilines is 1. The third-order valence-electron chi connectivity index (χ3n) is 5.40. The second-order valence-corrected chi connectivity index (χ2v) is 9.60. The fraction of sp³-hybridized carbons (Fsp3) is 0.333. The number of benzene rings is 1. The molecular weight excluding hydrogens is 548 g/mol. The quantitative estimate of drug-likeness (QED) is 0.542. The summed E-state index contributed by atoms with van der Waals surface area (Å²) in [5.41, 5.74) is 1.19. The molecule has 2 unspecified atom stereocenters. The molecule has 0 saturated carbocycles. The summed E-state index contributed by atoms with van der Waals surface area (Å²) < 4.78 is 47.4. The number of urea groups is 1. The van der Waals surface area contributed by atoms with Crippen LogP contribution in [0.25, 0.3) is 11.3 Å². The van der Waals surface area contributed by atoms with Crippen LogP contribution >= 0.6 is 34.5 Å². The second-order valence-electron chi connectivity index (χ2n) is 7.92. The third kappa shape index (κ3) is 5.22. The summed E-state index contributed by atoms with van der Waals surface area (Å²) in [6.07, 6.45) is -4.22. The zero-order valence-corrected chi connectivity index (χ0v) is 20.9. The first-order valence-corrected chi connectivity index (χ1v) is 11.8. The van der Waals surface area contributed by atoms with Crippen molar-refractivity contribution in [3.8, 4) is 17.0 Å². The Morgan fingerprint density at radius 2 is 1.92 bits per heavy atom. The number of hydrogen-bond donors (Lipinski definition) is 1. The van der Waals surface area contributed by atoms with Crippen LogP contribution in [0, 0.1) is 5.92 Å². The molecule has 1 aromatic heterocycles. The Hall–Kier alpha value is -3.03. The highest BCUT2D eigenvalue weighted by Gasteiger charge is 2.49. The van der Waals surface area contributed by atoms with Crippen molar-refractivity contribution in [3.63, 3.8) is 0 Å². The number of alkyl halides is 3. The molecule has 3 heterocycles. The number of rotatable bonds is 6. The van der Waals surface area contributed by atoms with Gasteiger partial charge < -0.3 is 14.8 Å². The lowest BCUT2D eigenvalue weighted by Crippen LogP contribution is -2.58. The molecule has 36 heavy (non-hydrogen) atoms. The summed E-state index contributed by atoms with van der Waals surface area (Å²) in [7, 11) is 2.86. The molecule has 1 aromatic carbocycles. The Morgan fingerprint density at radius 3 is 2.56 bits per heavy atom. The van der Waals surface area contributed by atoms with Gasteiger partial charge in [0.25, 0.3) is 0 Å². The van der Waals surface area contributed by atoms with Gasteiger partial charge in [0, 0.05) is 25.0 Å². The highest BCUT2D eigenvalue weighted by atomic mass is 35.5. The van der Waals surface area contributed by atoms with Gasteiger partial charge in [-0.1, -0.05) is 23.2 Å². The van der Waals surface area contributed by atoms with Crippen molar-refractivity contribution in [2.75, 3.05) is 26.0 Å². The number of aromatic nitrogens is 1. The number of nitrogens with one attached hydrogen (secondary N) is 1. The number of halogens is 5. The van der Waals surface area contributed by atoms with Gasteiger partial charge in [-0.25, -0.2) is 9.78 Å². The molecule has 4 amide bonds. The van der Waals surface area contributed by atoms with Gasteiger partial charge in [0.15, 0.2) is 23.7 Å². The SMILES string of the molecule is CN1C(=O)C2C(CC(=O)Nc3nc(-c4cc(Cl)c(OCC(F)(F)F)c(Cl)c4)cs3)=COC2N(C)C1=O. The molecule has 0 bridgehead atoms. The zero-order valence-electron chi connectivity index (χ0n) is 18.6. The van der Waals surface area contributed by atoms with E-state index in [9.17, 15) is 27.6 Å². The maximum Gasteiger partial charge on any atom is 0.422 e. The minimum absolute atomic E-state index is 0.131. The molecule has 2 atom stereocenters. The summed E-state index contributed by atoms with van der Waals surface area (Å²) in [4.78, 5) is 43.8. The van der Waals surface area contributed by atoms with Crippen LogP contribution in [0.4, 0.5) is 23.1 Å². The molecule has 1 N–H and O–H groups in total. The first-order valence-electron chi connectivity index (χ1n) is 10.2. The lowest BCUT2D eigenvalue weighted by Gasteiger charge is -2.37. The number of hydrogen-bond acceptors (Lipinski definition) is 7. The van der Waals surface area contributed by atoms with Crippen LogP contribution in [0.5, 0.6) is 5.75 Å². The van der Waals surface area contributed by atoms with Crippen LogP contribution in [-0.4, -0.2) is 65.7 Å². The Morgan fingerprint density at radius 1 is 1.25 bits per heavy atom. The van der Waals surface area contributed by atoms with Crippen molar-refractivity contribution in [1.29, 1.82) is 0 Å². The average Bonchev–Trinajstić information content (AvgIpc) is 3.42. The highest BCUT2D eigenvalue weighted by molar-refractivity contribution is 7.14. The molecule has 15 heteroatoms. The smallest absolute Gasteiger partial charge is 0.422 e. The second kappa shape index (κ2) is 9.79. The monoisotopic (exact) mass is 564 g/mol. The van der Waals surface area contributed by atoms with E-state index in [1.807, 2.05) is 0 Å². The molecule has 2 aliphatic heterocycles. The number of imide groups is 1. The fourth-order valence-corrected chi connectivity index (χ4v) is 5.03. The Balaban J connectivity index is 1.42. The molecule has 192 valence electrons. The molecule has 1 fully saturated rings. The van der Waals surface area contributed by atoms with Crippen molar-refractivity contribution < 1.29 is 37.0 Å². The number of nitrogens with zero attached hydrogens (tertiary/aromatic N) is 3. The lowest BCUT2D eigenvalue weighted by atomic mass is 9.93. The Kier molecular flexibility index (Phi) is 7.08.